The van der Waals surface area contributed by atoms with E-state index in [0.717, 1.165) is 0 Å². The number of aliphatic carboxylic acids is 2. The van der Waals surface area contributed by atoms with E-state index in [1.807, 2.05) is 0 Å². The Morgan fingerprint density at radius 3 is 1.64 bits per heavy atom. The smallest absolute Gasteiger partial charge is 0.326 e. The maximum Gasteiger partial charge on any atom is 0.326 e. The van der Waals surface area contributed by atoms with Crippen molar-refractivity contribution in [2.45, 2.75) is 37.4 Å². The van der Waals surface area contributed by atoms with Crippen LogP contribution in [0.1, 0.15) is 17.5 Å². The van der Waals surface area contributed by atoms with E-state index >= 15 is 0 Å². The third kappa shape index (κ3) is 8.15. The number of nitrogens with two attached hydrogens (primary N) is 1. The molecule has 0 saturated heterocycles. The molecule has 2 rings (SSSR count). The van der Waals surface area contributed by atoms with E-state index in [1.54, 1.807) is 12.1 Å². The number of carbonyl (C=O) groups is 4. The van der Waals surface area contributed by atoms with Crippen LogP contribution in [0, 0.1) is 0 Å². The van der Waals surface area contributed by atoms with Crippen molar-refractivity contribution in [3.8, 4) is 11.5 Å². The van der Waals surface area contributed by atoms with Gasteiger partial charge in [-0.1, -0.05) is 24.3 Å². The van der Waals surface area contributed by atoms with Gasteiger partial charge in [-0.3, -0.25) is 14.4 Å². The Morgan fingerprint density at radius 1 is 0.727 bits per heavy atom. The molecular formula is C22H25N3O8. The largest absolute Gasteiger partial charge is 0.508 e. The first kappa shape index (κ1) is 25.1. The Labute approximate surface area is 188 Å². The minimum Gasteiger partial charge on any atom is -0.508 e. The average molecular weight is 459 g/mol. The highest BCUT2D eigenvalue weighted by molar-refractivity contribution is 5.94. The van der Waals surface area contributed by atoms with Crippen molar-refractivity contribution in [2.75, 3.05) is 0 Å². The number of rotatable bonds is 11. The van der Waals surface area contributed by atoms with Gasteiger partial charge in [0.05, 0.1) is 12.5 Å². The number of hydrogen-bond acceptors (Lipinski definition) is 7. The molecular weight excluding hydrogens is 434 g/mol. The van der Waals surface area contributed by atoms with Gasteiger partial charge in [0.2, 0.25) is 11.8 Å². The molecule has 0 heterocycles. The average Bonchev–Trinajstić information content (AvgIpc) is 2.75. The van der Waals surface area contributed by atoms with E-state index < -0.39 is 48.3 Å². The van der Waals surface area contributed by atoms with Crippen molar-refractivity contribution >= 4 is 23.8 Å². The van der Waals surface area contributed by atoms with Gasteiger partial charge in [0, 0.05) is 6.42 Å². The number of nitrogens with one attached hydrogen (secondary N) is 2. The topological polar surface area (TPSA) is 199 Å². The molecule has 33 heavy (non-hydrogen) atoms. The van der Waals surface area contributed by atoms with Crippen LogP contribution in [0.15, 0.2) is 48.5 Å². The monoisotopic (exact) mass is 459 g/mol. The van der Waals surface area contributed by atoms with Crippen LogP contribution in [-0.2, 0) is 32.0 Å². The Bertz CT molecular complexity index is 992. The van der Waals surface area contributed by atoms with E-state index in [4.69, 9.17) is 10.8 Å². The van der Waals surface area contributed by atoms with E-state index in [1.165, 1.54) is 36.4 Å². The number of benzene rings is 2. The fraction of sp³-hybridized carbons (Fsp3) is 0.273. The van der Waals surface area contributed by atoms with Crippen LogP contribution in [0.3, 0.4) is 0 Å². The third-order valence-electron chi connectivity index (χ3n) is 4.73. The predicted molar refractivity (Wildman–Crippen MR) is 115 cm³/mol. The lowest BCUT2D eigenvalue weighted by Crippen LogP contribution is -2.55. The number of aromatic hydroxyl groups is 2. The Kier molecular flexibility index (Phi) is 8.75. The lowest BCUT2D eigenvalue weighted by Gasteiger charge is -2.22. The summed E-state index contributed by atoms with van der Waals surface area (Å²) in [7, 11) is 0. The van der Waals surface area contributed by atoms with Gasteiger partial charge in [0.1, 0.15) is 23.6 Å². The van der Waals surface area contributed by atoms with E-state index in [2.05, 4.69) is 10.6 Å². The highest BCUT2D eigenvalue weighted by atomic mass is 16.4. The first-order valence-electron chi connectivity index (χ1n) is 9.92. The summed E-state index contributed by atoms with van der Waals surface area (Å²) in [6.07, 6.45) is -0.851. The van der Waals surface area contributed by atoms with Crippen LogP contribution in [0.2, 0.25) is 0 Å². The van der Waals surface area contributed by atoms with E-state index in [-0.39, 0.29) is 24.3 Å². The SMILES string of the molecule is NC(Cc1ccc(O)cc1)C(=O)NC(CC(=O)O)C(=O)NC(Cc1ccc(O)cc1)C(=O)O. The van der Waals surface area contributed by atoms with Gasteiger partial charge in [-0.2, -0.15) is 0 Å². The fourth-order valence-corrected chi connectivity index (χ4v) is 2.98. The molecule has 0 spiro atoms. The van der Waals surface area contributed by atoms with Crippen molar-refractivity contribution < 1.29 is 39.6 Å². The standard InChI is InChI=1S/C22H25N3O8/c23-16(9-12-1-5-14(26)6-2-12)20(30)24-17(11-19(28)29)21(31)25-18(22(32)33)10-13-3-7-15(27)8-4-13/h1-8,16-18,26-27H,9-11,23H2,(H,24,30)(H,25,31)(H,28,29)(H,32,33). The Morgan fingerprint density at radius 2 is 1.18 bits per heavy atom. The fourth-order valence-electron chi connectivity index (χ4n) is 2.98. The Hall–Kier alpha value is -4.12. The molecule has 0 aliphatic carbocycles. The molecule has 2 aromatic rings. The number of carbonyl (C=O) groups excluding carboxylic acids is 2. The van der Waals surface area contributed by atoms with Gasteiger partial charge in [0.15, 0.2) is 0 Å². The van der Waals surface area contributed by atoms with Crippen LogP contribution in [0.25, 0.3) is 0 Å². The molecule has 11 heteroatoms. The summed E-state index contributed by atoms with van der Waals surface area (Å²) in [5.74, 6) is -4.50. The molecule has 2 amide bonds. The summed E-state index contributed by atoms with van der Waals surface area (Å²) < 4.78 is 0. The second-order valence-electron chi connectivity index (χ2n) is 7.41. The molecule has 0 aliphatic rings. The lowest BCUT2D eigenvalue weighted by atomic mass is 10.0. The highest BCUT2D eigenvalue weighted by Gasteiger charge is 2.29. The van der Waals surface area contributed by atoms with Gasteiger partial charge in [-0.25, -0.2) is 4.79 Å². The van der Waals surface area contributed by atoms with Crippen LogP contribution >= 0.6 is 0 Å². The summed E-state index contributed by atoms with van der Waals surface area (Å²) in [6, 6.07) is 7.57. The van der Waals surface area contributed by atoms with Crippen molar-refractivity contribution in [1.82, 2.24) is 10.6 Å². The van der Waals surface area contributed by atoms with Gasteiger partial charge >= 0.3 is 11.9 Å². The minimum absolute atomic E-state index is 0.0115. The number of carboxylic acids is 2. The minimum atomic E-state index is -1.55. The summed E-state index contributed by atoms with van der Waals surface area (Å²) in [6.45, 7) is 0. The van der Waals surface area contributed by atoms with Gasteiger partial charge in [0.25, 0.3) is 0 Å². The Balaban J connectivity index is 2.06. The molecule has 3 unspecified atom stereocenters. The van der Waals surface area contributed by atoms with Crippen molar-refractivity contribution in [3.05, 3.63) is 59.7 Å². The first-order chi connectivity index (χ1) is 15.5. The molecule has 11 nitrogen and oxygen atoms in total. The van der Waals surface area contributed by atoms with Gasteiger partial charge < -0.3 is 36.8 Å². The van der Waals surface area contributed by atoms with E-state index in [0.29, 0.717) is 11.1 Å². The third-order valence-corrected chi connectivity index (χ3v) is 4.73. The second-order valence-corrected chi connectivity index (χ2v) is 7.41. The zero-order chi connectivity index (χ0) is 24.5. The van der Waals surface area contributed by atoms with Crippen molar-refractivity contribution in [3.63, 3.8) is 0 Å². The van der Waals surface area contributed by atoms with Crippen LogP contribution in [0.4, 0.5) is 0 Å². The number of amides is 2. The van der Waals surface area contributed by atoms with Crippen LogP contribution < -0.4 is 16.4 Å². The quantitative estimate of drug-likeness (QED) is 0.236. The van der Waals surface area contributed by atoms with E-state index in [9.17, 15) is 34.5 Å². The number of phenolic OH excluding ortho intramolecular Hbond substituents is 2. The molecule has 8 N–H and O–H groups in total. The second kappa shape index (κ2) is 11.5. The summed E-state index contributed by atoms with van der Waals surface area (Å²) in [5.41, 5.74) is 7.01. The normalized spacial score (nSPS) is 13.4. The summed E-state index contributed by atoms with van der Waals surface area (Å²) in [4.78, 5) is 47.9. The molecule has 176 valence electrons. The lowest BCUT2D eigenvalue weighted by molar-refractivity contribution is -0.143. The predicted octanol–water partition coefficient (Wildman–Crippen LogP) is -0.261. The van der Waals surface area contributed by atoms with Crippen LogP contribution in [-0.4, -0.2) is 62.3 Å². The zero-order valence-electron chi connectivity index (χ0n) is 17.5. The molecule has 0 aliphatic heterocycles. The highest BCUT2D eigenvalue weighted by Crippen LogP contribution is 2.13. The van der Waals surface area contributed by atoms with Crippen LogP contribution in [0.5, 0.6) is 11.5 Å². The van der Waals surface area contributed by atoms with Crippen molar-refractivity contribution in [2.24, 2.45) is 5.73 Å². The summed E-state index contributed by atoms with van der Waals surface area (Å²) in [5, 5.41) is 41.7. The zero-order valence-corrected chi connectivity index (χ0v) is 17.5. The maximum absolute atomic E-state index is 12.6. The molecule has 0 aromatic heterocycles. The molecule has 0 radical (unpaired) electrons. The molecule has 2 aromatic carbocycles. The van der Waals surface area contributed by atoms with Crippen molar-refractivity contribution in [1.29, 1.82) is 0 Å². The molecule has 3 atom stereocenters. The number of carboxylic acid groups (broad SMARTS) is 2. The molecule has 0 fully saturated rings. The maximum atomic E-state index is 12.6. The first-order valence-corrected chi connectivity index (χ1v) is 9.92. The number of phenols is 2. The number of hydrogen-bond donors (Lipinski definition) is 7. The van der Waals surface area contributed by atoms with Gasteiger partial charge in [-0.05, 0) is 41.8 Å². The molecule has 0 saturated carbocycles. The summed E-state index contributed by atoms with van der Waals surface area (Å²) >= 11 is 0. The van der Waals surface area contributed by atoms with Gasteiger partial charge in [-0.15, -0.1) is 0 Å². The molecule has 0 bridgehead atoms.